The molecule has 1 aromatic heterocycles. The number of guanidine groups is 1. The Morgan fingerprint density at radius 2 is 2.04 bits per heavy atom. The zero-order chi connectivity index (χ0) is 18.9. The quantitative estimate of drug-likeness (QED) is 0.324. The van der Waals surface area contributed by atoms with Gasteiger partial charge >= 0.3 is 0 Å². The van der Waals surface area contributed by atoms with E-state index in [9.17, 15) is 4.39 Å². The molecule has 2 rings (SSSR count). The van der Waals surface area contributed by atoms with Crippen LogP contribution in [0.2, 0.25) is 0 Å². The lowest BCUT2D eigenvalue weighted by Crippen LogP contribution is -2.41. The Bertz CT molecular complexity index is 710. The second-order valence-corrected chi connectivity index (χ2v) is 7.01. The molecule has 0 aliphatic rings. The van der Waals surface area contributed by atoms with Gasteiger partial charge in [-0.25, -0.2) is 4.39 Å². The van der Waals surface area contributed by atoms with Gasteiger partial charge < -0.3 is 15.1 Å². The molecule has 2 N–H and O–H groups in total. The van der Waals surface area contributed by atoms with Crippen LogP contribution in [-0.4, -0.2) is 44.8 Å². The lowest BCUT2D eigenvalue weighted by molar-refractivity contribution is 0.258. The predicted octanol–water partition coefficient (Wildman–Crippen LogP) is 3.87. The van der Waals surface area contributed by atoms with Gasteiger partial charge in [-0.3, -0.25) is 9.89 Å². The molecule has 150 valence electrons. The molecule has 1 atom stereocenters. The lowest BCUT2D eigenvalue weighted by atomic mass is 10.1. The fourth-order valence-corrected chi connectivity index (χ4v) is 3.25. The number of nitrogens with one attached hydrogen (secondary N) is 2. The van der Waals surface area contributed by atoms with Crippen molar-refractivity contribution in [3.8, 4) is 0 Å². The molecule has 0 bridgehead atoms. The number of hydrogen-bond acceptors (Lipinski definition) is 4. The van der Waals surface area contributed by atoms with Gasteiger partial charge in [-0.1, -0.05) is 6.07 Å². The van der Waals surface area contributed by atoms with Crippen molar-refractivity contribution in [3.05, 3.63) is 59.3 Å². The number of furan rings is 1. The molecule has 0 radical (unpaired) electrons. The molecule has 0 fully saturated rings. The Hall–Kier alpha value is -1.26. The maximum atomic E-state index is 13.5. The molecule has 5 nitrogen and oxygen atoms in total. The first-order chi connectivity index (χ1) is 12.5. The average Bonchev–Trinajstić information content (AvgIpc) is 3.13. The van der Waals surface area contributed by atoms with Crippen molar-refractivity contribution in [2.45, 2.75) is 18.3 Å². The first-order valence-electron chi connectivity index (χ1n) is 8.45. The third-order valence-electron chi connectivity index (χ3n) is 4.10. The molecular weight excluding hydrogens is 478 g/mol. The smallest absolute Gasteiger partial charge is 0.191 e. The predicted molar refractivity (Wildman–Crippen MR) is 122 cm³/mol. The summed E-state index contributed by atoms with van der Waals surface area (Å²) in [7, 11) is 5.76. The third kappa shape index (κ3) is 7.34. The molecule has 1 aromatic carbocycles. The Labute approximate surface area is 182 Å². The topological polar surface area (TPSA) is 52.8 Å². The van der Waals surface area contributed by atoms with E-state index in [2.05, 4.69) is 20.5 Å². The molecular formula is C19H28FIN4OS. The number of nitrogens with zero attached hydrogens (tertiary/aromatic N) is 2. The minimum absolute atomic E-state index is 0. The van der Waals surface area contributed by atoms with Crippen LogP contribution in [0.4, 0.5) is 4.39 Å². The minimum atomic E-state index is -0.201. The summed E-state index contributed by atoms with van der Waals surface area (Å²) >= 11 is 1.68. The highest BCUT2D eigenvalue weighted by Gasteiger charge is 2.17. The molecule has 1 unspecified atom stereocenters. The summed E-state index contributed by atoms with van der Waals surface area (Å²) in [4.78, 5) is 6.37. The summed E-state index contributed by atoms with van der Waals surface area (Å²) < 4.78 is 19.0. The number of halogens is 2. The molecule has 0 spiro atoms. The van der Waals surface area contributed by atoms with Crippen molar-refractivity contribution in [2.24, 2.45) is 4.99 Å². The average molecular weight is 506 g/mol. The van der Waals surface area contributed by atoms with Gasteiger partial charge in [-0.2, -0.15) is 11.8 Å². The van der Waals surface area contributed by atoms with Crippen LogP contribution in [-0.2, 0) is 12.3 Å². The molecule has 0 amide bonds. The van der Waals surface area contributed by atoms with Crippen LogP contribution < -0.4 is 10.6 Å². The second kappa shape index (κ2) is 12.2. The molecule has 2 aromatic rings. The van der Waals surface area contributed by atoms with E-state index < -0.39 is 0 Å². The molecule has 0 saturated heterocycles. The number of hydrogen-bond donors (Lipinski definition) is 2. The van der Waals surface area contributed by atoms with Crippen LogP contribution in [0.1, 0.15) is 22.9 Å². The van der Waals surface area contributed by atoms with Gasteiger partial charge in [0.1, 0.15) is 11.6 Å². The van der Waals surface area contributed by atoms with Gasteiger partial charge in [0.25, 0.3) is 0 Å². The second-order valence-electron chi connectivity index (χ2n) is 6.15. The van der Waals surface area contributed by atoms with Crippen molar-refractivity contribution in [3.63, 3.8) is 0 Å². The van der Waals surface area contributed by atoms with Crippen molar-refractivity contribution in [1.82, 2.24) is 15.5 Å². The van der Waals surface area contributed by atoms with E-state index in [1.54, 1.807) is 31.1 Å². The zero-order valence-electron chi connectivity index (χ0n) is 16.2. The molecule has 27 heavy (non-hydrogen) atoms. The summed E-state index contributed by atoms with van der Waals surface area (Å²) in [6, 6.07) is 8.88. The Balaban J connectivity index is 0.00000364. The normalized spacial score (nSPS) is 12.6. The van der Waals surface area contributed by atoms with Gasteiger partial charge in [-0.05, 0) is 55.7 Å². The summed E-state index contributed by atoms with van der Waals surface area (Å²) in [6.07, 6.45) is 3.69. The van der Waals surface area contributed by atoms with Gasteiger partial charge in [0.2, 0.25) is 0 Å². The van der Waals surface area contributed by atoms with E-state index in [0.29, 0.717) is 19.0 Å². The fraction of sp³-hybridized carbons (Fsp3) is 0.421. The number of rotatable bonds is 8. The molecule has 8 heteroatoms. The Kier molecular flexibility index (Phi) is 10.8. The van der Waals surface area contributed by atoms with Crippen molar-refractivity contribution >= 4 is 41.7 Å². The van der Waals surface area contributed by atoms with Gasteiger partial charge in [0, 0.05) is 25.9 Å². The molecule has 0 aliphatic heterocycles. The van der Waals surface area contributed by atoms with E-state index >= 15 is 0 Å². The van der Waals surface area contributed by atoms with Crippen LogP contribution in [0.25, 0.3) is 0 Å². The first kappa shape index (κ1) is 23.8. The monoisotopic (exact) mass is 506 g/mol. The Morgan fingerprint density at radius 3 is 2.63 bits per heavy atom. The largest absolute Gasteiger partial charge is 0.468 e. The first-order valence-corrected chi connectivity index (χ1v) is 9.85. The Morgan fingerprint density at radius 1 is 1.26 bits per heavy atom. The van der Waals surface area contributed by atoms with Crippen molar-refractivity contribution in [1.29, 1.82) is 0 Å². The summed E-state index contributed by atoms with van der Waals surface area (Å²) in [5.74, 6) is 2.18. The number of aliphatic imine (C=N–C) groups is 1. The molecule has 0 saturated carbocycles. The van der Waals surface area contributed by atoms with E-state index in [4.69, 9.17) is 4.42 Å². The van der Waals surface area contributed by atoms with Crippen LogP contribution >= 0.6 is 35.7 Å². The van der Waals surface area contributed by atoms with E-state index in [1.165, 1.54) is 6.07 Å². The standard InChI is InChI=1S/C19H27FN4OS.HI/c1-21-19(23-12-17(24(2)3)18-6-5-9-25-18)22-11-14-7-8-16(20)10-15(14)13-26-4;/h5-10,17H,11-13H2,1-4H3,(H2,21,22,23);1H. The van der Waals surface area contributed by atoms with E-state index in [-0.39, 0.29) is 35.8 Å². The van der Waals surface area contributed by atoms with Gasteiger partial charge in [0.05, 0.1) is 12.3 Å². The van der Waals surface area contributed by atoms with Crippen LogP contribution in [0.5, 0.6) is 0 Å². The summed E-state index contributed by atoms with van der Waals surface area (Å²) in [5.41, 5.74) is 2.07. The van der Waals surface area contributed by atoms with Crippen molar-refractivity contribution < 1.29 is 8.81 Å². The highest BCUT2D eigenvalue weighted by atomic mass is 127. The van der Waals surface area contributed by atoms with Gasteiger partial charge in [0.15, 0.2) is 5.96 Å². The van der Waals surface area contributed by atoms with Crippen LogP contribution in [0, 0.1) is 5.82 Å². The van der Waals surface area contributed by atoms with Crippen LogP contribution in [0.15, 0.2) is 46.0 Å². The zero-order valence-corrected chi connectivity index (χ0v) is 19.3. The lowest BCUT2D eigenvalue weighted by Gasteiger charge is -2.24. The SMILES string of the molecule is CN=C(NCc1ccc(F)cc1CSC)NCC(c1ccco1)N(C)C.I. The highest BCUT2D eigenvalue weighted by Crippen LogP contribution is 2.18. The molecule has 0 aliphatic carbocycles. The fourth-order valence-electron chi connectivity index (χ4n) is 2.67. The number of benzene rings is 1. The summed E-state index contributed by atoms with van der Waals surface area (Å²) in [6.45, 7) is 1.24. The third-order valence-corrected chi connectivity index (χ3v) is 4.70. The molecule has 1 heterocycles. The summed E-state index contributed by atoms with van der Waals surface area (Å²) in [5, 5.41) is 6.63. The maximum absolute atomic E-state index is 13.5. The van der Waals surface area contributed by atoms with Gasteiger partial charge in [-0.15, -0.1) is 24.0 Å². The van der Waals surface area contributed by atoms with Crippen molar-refractivity contribution in [2.75, 3.05) is 33.9 Å². The van der Waals surface area contributed by atoms with Crippen LogP contribution in [0.3, 0.4) is 0 Å². The number of thioether (sulfide) groups is 1. The minimum Gasteiger partial charge on any atom is -0.468 e. The van der Waals surface area contributed by atoms with E-state index in [0.717, 1.165) is 22.6 Å². The number of likely N-dealkylation sites (N-methyl/N-ethyl adjacent to an activating group) is 1. The highest BCUT2D eigenvalue weighted by molar-refractivity contribution is 14.0. The van der Waals surface area contributed by atoms with E-state index in [1.807, 2.05) is 38.6 Å². The maximum Gasteiger partial charge on any atom is 0.191 e.